The van der Waals surface area contributed by atoms with Crippen LogP contribution in [0.15, 0.2) is 54.6 Å². The predicted octanol–water partition coefficient (Wildman–Crippen LogP) is 5.00. The van der Waals surface area contributed by atoms with Crippen LogP contribution in [0.5, 0.6) is 28.7 Å². The van der Waals surface area contributed by atoms with Gasteiger partial charge in [-0.1, -0.05) is 6.07 Å². The number of benzene rings is 3. The summed E-state index contributed by atoms with van der Waals surface area (Å²) in [5.41, 5.74) is 4.45. The second-order valence-corrected chi connectivity index (χ2v) is 7.45. The number of hydrogen-bond donors (Lipinski definition) is 1. The van der Waals surface area contributed by atoms with Crippen LogP contribution in [0.1, 0.15) is 22.3 Å². The molecule has 0 unspecified atom stereocenters. The minimum atomic E-state index is 0.291. The molecule has 0 radical (unpaired) electrons. The topological polar surface area (TPSA) is 57.2 Å². The Morgan fingerprint density at radius 1 is 0.452 bits per heavy atom. The van der Waals surface area contributed by atoms with Gasteiger partial charge >= 0.3 is 0 Å². The number of ether oxygens (including phenoxy) is 4. The van der Waals surface area contributed by atoms with E-state index in [-0.39, 0.29) is 0 Å². The van der Waals surface area contributed by atoms with Crippen molar-refractivity contribution in [2.45, 2.75) is 25.7 Å². The first-order valence-corrected chi connectivity index (χ1v) is 10.3. The fourth-order valence-corrected chi connectivity index (χ4v) is 3.63. The lowest BCUT2D eigenvalue weighted by molar-refractivity contribution is 0.393. The highest BCUT2D eigenvalue weighted by Gasteiger charge is 2.07. The highest BCUT2D eigenvalue weighted by Crippen LogP contribution is 2.26. The molecule has 3 rings (SSSR count). The van der Waals surface area contributed by atoms with Crippen molar-refractivity contribution in [1.82, 2.24) is 0 Å². The molecule has 0 atom stereocenters. The van der Waals surface area contributed by atoms with E-state index in [9.17, 15) is 5.11 Å². The summed E-state index contributed by atoms with van der Waals surface area (Å²) in [6, 6.07) is 17.6. The number of hydrogen-bond acceptors (Lipinski definition) is 5. The summed E-state index contributed by atoms with van der Waals surface area (Å²) in [5, 5.41) is 10.2. The molecule has 0 saturated carbocycles. The van der Waals surface area contributed by atoms with E-state index < -0.39 is 0 Å². The lowest BCUT2D eigenvalue weighted by atomic mass is 9.98. The van der Waals surface area contributed by atoms with Gasteiger partial charge in [-0.15, -0.1) is 0 Å². The molecular formula is C26H30O5. The third-order valence-corrected chi connectivity index (χ3v) is 5.26. The molecule has 0 fully saturated rings. The second-order valence-electron chi connectivity index (χ2n) is 7.45. The number of phenolic OH excluding ortho intramolecular Hbond substituents is 1. The fraction of sp³-hybridized carbons (Fsp3) is 0.308. The fourth-order valence-electron chi connectivity index (χ4n) is 3.63. The smallest absolute Gasteiger partial charge is 0.122 e. The van der Waals surface area contributed by atoms with E-state index in [0.29, 0.717) is 5.75 Å². The first-order chi connectivity index (χ1) is 15.0. The maximum atomic E-state index is 10.2. The van der Waals surface area contributed by atoms with Crippen molar-refractivity contribution in [3.63, 3.8) is 0 Å². The molecule has 1 N–H and O–H groups in total. The summed E-state index contributed by atoms with van der Waals surface area (Å²) in [5.74, 6) is 3.40. The summed E-state index contributed by atoms with van der Waals surface area (Å²) in [6.45, 7) is 0. The van der Waals surface area contributed by atoms with Crippen LogP contribution in [0.2, 0.25) is 0 Å². The molecule has 3 aromatic rings. The Labute approximate surface area is 184 Å². The molecule has 0 bridgehead atoms. The largest absolute Gasteiger partial charge is 0.508 e. The summed E-state index contributed by atoms with van der Waals surface area (Å²) < 4.78 is 21.4. The van der Waals surface area contributed by atoms with Crippen LogP contribution in [0.3, 0.4) is 0 Å². The van der Waals surface area contributed by atoms with E-state index >= 15 is 0 Å². The third kappa shape index (κ3) is 6.32. The van der Waals surface area contributed by atoms with Crippen LogP contribution in [-0.4, -0.2) is 33.5 Å². The molecule has 0 spiro atoms. The molecule has 0 aliphatic rings. The first-order valence-electron chi connectivity index (χ1n) is 10.3. The molecule has 0 saturated heterocycles. The van der Waals surface area contributed by atoms with Gasteiger partial charge in [0.2, 0.25) is 0 Å². The summed E-state index contributed by atoms with van der Waals surface area (Å²) in [7, 11) is 6.60. The molecule has 3 aromatic carbocycles. The zero-order valence-electron chi connectivity index (χ0n) is 18.6. The van der Waals surface area contributed by atoms with Crippen molar-refractivity contribution in [3.05, 3.63) is 76.9 Å². The number of rotatable bonds is 10. The minimum absolute atomic E-state index is 0.291. The van der Waals surface area contributed by atoms with Gasteiger partial charge in [-0.25, -0.2) is 0 Å². The van der Waals surface area contributed by atoms with E-state index in [0.717, 1.165) is 70.9 Å². The Bertz CT molecular complexity index is 890. The molecule has 0 amide bonds. The lowest BCUT2D eigenvalue weighted by Gasteiger charge is -2.11. The number of methoxy groups -OCH3 is 4. The van der Waals surface area contributed by atoms with Crippen LogP contribution in [-0.2, 0) is 25.7 Å². The Morgan fingerprint density at radius 3 is 1.03 bits per heavy atom. The van der Waals surface area contributed by atoms with Crippen LogP contribution in [0, 0.1) is 0 Å². The number of phenols is 1. The SMILES string of the molecule is COc1cc(CCc2cc(O)cc(CCc3cc(OC)cc(OC)c3)c2)cc(OC)c1. The molecule has 0 aliphatic heterocycles. The highest BCUT2D eigenvalue weighted by atomic mass is 16.5. The van der Waals surface area contributed by atoms with Crippen molar-refractivity contribution in [2.24, 2.45) is 0 Å². The van der Waals surface area contributed by atoms with E-state index in [1.807, 2.05) is 48.5 Å². The third-order valence-electron chi connectivity index (χ3n) is 5.26. The molecule has 164 valence electrons. The number of aromatic hydroxyl groups is 1. The average Bonchev–Trinajstić information content (AvgIpc) is 2.80. The maximum absolute atomic E-state index is 10.2. The van der Waals surface area contributed by atoms with Gasteiger partial charge in [0.15, 0.2) is 0 Å². The molecule has 5 nitrogen and oxygen atoms in total. The van der Waals surface area contributed by atoms with E-state index in [1.54, 1.807) is 28.4 Å². The van der Waals surface area contributed by atoms with Gasteiger partial charge in [0.1, 0.15) is 28.7 Å². The number of aryl methyl sites for hydroxylation is 4. The van der Waals surface area contributed by atoms with E-state index in [1.165, 1.54) is 0 Å². The summed E-state index contributed by atoms with van der Waals surface area (Å²) in [6.07, 6.45) is 3.27. The summed E-state index contributed by atoms with van der Waals surface area (Å²) in [4.78, 5) is 0. The van der Waals surface area contributed by atoms with Crippen molar-refractivity contribution in [3.8, 4) is 28.7 Å². The van der Waals surface area contributed by atoms with E-state index in [4.69, 9.17) is 18.9 Å². The Hall–Kier alpha value is -3.34. The Morgan fingerprint density at radius 2 is 0.742 bits per heavy atom. The summed E-state index contributed by atoms with van der Waals surface area (Å²) >= 11 is 0. The molecular weight excluding hydrogens is 392 g/mol. The van der Waals surface area contributed by atoms with Gasteiger partial charge in [0, 0.05) is 12.1 Å². The maximum Gasteiger partial charge on any atom is 0.122 e. The zero-order valence-corrected chi connectivity index (χ0v) is 18.6. The van der Waals surface area contributed by atoms with Crippen LogP contribution >= 0.6 is 0 Å². The van der Waals surface area contributed by atoms with Gasteiger partial charge < -0.3 is 24.1 Å². The van der Waals surface area contributed by atoms with Gasteiger partial charge in [0.05, 0.1) is 28.4 Å². The molecule has 0 aromatic heterocycles. The monoisotopic (exact) mass is 422 g/mol. The lowest BCUT2D eigenvalue weighted by Crippen LogP contribution is -1.97. The molecule has 0 aliphatic carbocycles. The van der Waals surface area contributed by atoms with Gasteiger partial charge in [-0.2, -0.15) is 0 Å². The van der Waals surface area contributed by atoms with Gasteiger partial charge in [-0.3, -0.25) is 0 Å². The normalized spacial score (nSPS) is 10.6. The first kappa shape index (κ1) is 22.3. The molecule has 31 heavy (non-hydrogen) atoms. The van der Waals surface area contributed by atoms with Gasteiger partial charge in [0.25, 0.3) is 0 Å². The minimum Gasteiger partial charge on any atom is -0.508 e. The van der Waals surface area contributed by atoms with Crippen molar-refractivity contribution in [1.29, 1.82) is 0 Å². The highest BCUT2D eigenvalue weighted by molar-refractivity contribution is 5.41. The standard InChI is InChI=1S/C26H30O5/c1-28-23-12-20(13-24(16-23)29-2)7-5-18-9-19(11-22(27)10-18)6-8-21-14-25(30-3)17-26(15-21)31-4/h9-17,27H,5-8H2,1-4H3. The zero-order chi connectivity index (χ0) is 22.2. The Balaban J connectivity index is 1.69. The quantitative estimate of drug-likeness (QED) is 0.498. The van der Waals surface area contributed by atoms with Crippen LogP contribution in [0.25, 0.3) is 0 Å². The van der Waals surface area contributed by atoms with Crippen molar-refractivity contribution in [2.75, 3.05) is 28.4 Å². The molecule has 0 heterocycles. The predicted molar refractivity (Wildman–Crippen MR) is 122 cm³/mol. The van der Waals surface area contributed by atoms with Crippen molar-refractivity contribution < 1.29 is 24.1 Å². The van der Waals surface area contributed by atoms with Gasteiger partial charge in [-0.05, 0) is 84.3 Å². The average molecular weight is 423 g/mol. The van der Waals surface area contributed by atoms with Crippen LogP contribution in [0.4, 0.5) is 0 Å². The Kier molecular flexibility index (Phi) is 7.65. The second kappa shape index (κ2) is 10.6. The van der Waals surface area contributed by atoms with Crippen molar-refractivity contribution >= 4 is 0 Å². The molecule has 5 heteroatoms. The van der Waals surface area contributed by atoms with E-state index in [2.05, 4.69) is 6.07 Å². The van der Waals surface area contributed by atoms with Crippen LogP contribution < -0.4 is 18.9 Å².